The summed E-state index contributed by atoms with van der Waals surface area (Å²) in [5, 5.41) is 11.1. The molecule has 0 fully saturated rings. The first-order valence-corrected chi connectivity index (χ1v) is 8.56. The third-order valence-electron chi connectivity index (χ3n) is 3.77. The average Bonchev–Trinajstić information content (AvgIpc) is 3.00. The van der Waals surface area contributed by atoms with Crippen LogP contribution < -0.4 is 0 Å². The topological polar surface area (TPSA) is 43.1 Å². The Morgan fingerprint density at radius 3 is 2.83 bits per heavy atom. The van der Waals surface area contributed by atoms with Crippen molar-refractivity contribution in [1.29, 1.82) is 0 Å². The van der Waals surface area contributed by atoms with Crippen LogP contribution in [-0.2, 0) is 5.75 Å². The van der Waals surface area contributed by atoms with E-state index in [0.717, 1.165) is 38.0 Å². The number of benzene rings is 1. The summed E-state index contributed by atoms with van der Waals surface area (Å²) in [6, 6.07) is 13.9. The second-order valence-corrected chi connectivity index (χ2v) is 6.54. The number of fused-ring (bicyclic) bond motifs is 2. The van der Waals surface area contributed by atoms with Crippen LogP contribution in [0.4, 0.5) is 0 Å². The third-order valence-corrected chi connectivity index (χ3v) is 5.22. The van der Waals surface area contributed by atoms with Crippen molar-refractivity contribution in [3.05, 3.63) is 64.9 Å². The van der Waals surface area contributed by atoms with Crippen molar-refractivity contribution in [3.63, 3.8) is 0 Å². The van der Waals surface area contributed by atoms with Crippen molar-refractivity contribution >= 4 is 39.9 Å². The number of hydrogen-bond donors (Lipinski definition) is 0. The van der Waals surface area contributed by atoms with E-state index in [0.29, 0.717) is 5.75 Å². The molecule has 0 saturated carbocycles. The van der Waals surface area contributed by atoms with Crippen LogP contribution in [-0.4, -0.2) is 19.6 Å². The zero-order valence-corrected chi connectivity index (χ0v) is 14.0. The van der Waals surface area contributed by atoms with Gasteiger partial charge in [-0.2, -0.15) is 0 Å². The van der Waals surface area contributed by atoms with Gasteiger partial charge in [-0.1, -0.05) is 47.6 Å². The zero-order valence-electron chi connectivity index (χ0n) is 12.4. The summed E-state index contributed by atoms with van der Waals surface area (Å²) in [4.78, 5) is 4.70. The van der Waals surface area contributed by atoms with Crippen LogP contribution in [0.3, 0.4) is 0 Å². The number of rotatable bonds is 3. The van der Waals surface area contributed by atoms with E-state index in [1.807, 2.05) is 60.0 Å². The third kappa shape index (κ3) is 2.56. The van der Waals surface area contributed by atoms with E-state index in [1.165, 1.54) is 0 Å². The lowest BCUT2D eigenvalue weighted by Gasteiger charge is -2.09. The Morgan fingerprint density at radius 2 is 1.91 bits per heavy atom. The maximum Gasteiger partial charge on any atom is 0.195 e. The Kier molecular flexibility index (Phi) is 3.67. The summed E-state index contributed by atoms with van der Waals surface area (Å²) in [6.45, 7) is 2.03. The fourth-order valence-corrected chi connectivity index (χ4v) is 3.72. The minimum absolute atomic E-state index is 0.653. The Hall–Kier alpha value is -2.11. The quantitative estimate of drug-likeness (QED) is 0.514. The van der Waals surface area contributed by atoms with Gasteiger partial charge in [0.1, 0.15) is 0 Å². The van der Waals surface area contributed by atoms with E-state index in [1.54, 1.807) is 11.8 Å². The Bertz CT molecular complexity index is 1010. The van der Waals surface area contributed by atoms with Crippen LogP contribution in [0, 0.1) is 6.92 Å². The molecule has 1 aromatic carbocycles. The molecule has 3 aromatic heterocycles. The monoisotopic (exact) mass is 340 g/mol. The molecule has 0 spiro atoms. The molecule has 0 bridgehead atoms. The van der Waals surface area contributed by atoms with Crippen molar-refractivity contribution in [2.24, 2.45) is 0 Å². The highest BCUT2D eigenvalue weighted by atomic mass is 35.5. The largest absolute Gasteiger partial charge is 0.277 e. The number of halogens is 1. The van der Waals surface area contributed by atoms with Gasteiger partial charge in [-0.3, -0.25) is 9.38 Å². The lowest BCUT2D eigenvalue weighted by Crippen LogP contribution is -1.95. The highest BCUT2D eigenvalue weighted by Gasteiger charge is 2.12. The molecule has 4 rings (SSSR count). The average molecular weight is 341 g/mol. The summed E-state index contributed by atoms with van der Waals surface area (Å²) in [6.07, 6.45) is 1.96. The van der Waals surface area contributed by atoms with Crippen molar-refractivity contribution in [3.8, 4) is 0 Å². The van der Waals surface area contributed by atoms with E-state index in [-0.39, 0.29) is 0 Å². The van der Waals surface area contributed by atoms with Crippen LogP contribution in [0.2, 0.25) is 5.02 Å². The summed E-state index contributed by atoms with van der Waals surface area (Å²) >= 11 is 8.10. The number of hydrogen-bond acceptors (Lipinski definition) is 4. The van der Waals surface area contributed by atoms with Gasteiger partial charge in [0.2, 0.25) is 0 Å². The van der Waals surface area contributed by atoms with E-state index in [2.05, 4.69) is 10.2 Å². The molecule has 0 aliphatic carbocycles. The van der Waals surface area contributed by atoms with Crippen LogP contribution in [0.5, 0.6) is 0 Å². The molecule has 4 aromatic rings. The maximum absolute atomic E-state index is 6.51. The predicted molar refractivity (Wildman–Crippen MR) is 94.0 cm³/mol. The molecule has 0 aliphatic heterocycles. The van der Waals surface area contributed by atoms with Crippen molar-refractivity contribution in [1.82, 2.24) is 19.6 Å². The summed E-state index contributed by atoms with van der Waals surface area (Å²) < 4.78 is 1.96. The molecule has 0 unspecified atom stereocenters. The Morgan fingerprint density at radius 1 is 1.09 bits per heavy atom. The molecule has 4 nitrogen and oxygen atoms in total. The molecule has 6 heteroatoms. The maximum atomic E-state index is 6.51. The van der Waals surface area contributed by atoms with Crippen molar-refractivity contribution in [2.45, 2.75) is 17.8 Å². The van der Waals surface area contributed by atoms with Crippen molar-refractivity contribution < 1.29 is 0 Å². The second kappa shape index (κ2) is 5.83. The highest BCUT2D eigenvalue weighted by molar-refractivity contribution is 7.98. The van der Waals surface area contributed by atoms with Gasteiger partial charge in [-0.25, -0.2) is 0 Å². The van der Waals surface area contributed by atoms with Crippen LogP contribution >= 0.6 is 23.4 Å². The van der Waals surface area contributed by atoms with Crippen LogP contribution in [0.15, 0.2) is 53.8 Å². The SMILES string of the molecule is Cc1c(Cl)c(CSc2nnc3ccccn23)nc2ccccc12. The number of thioether (sulfide) groups is 1. The molecular formula is C17H13ClN4S. The number of aromatic nitrogens is 4. The van der Waals surface area contributed by atoms with Gasteiger partial charge in [0.05, 0.1) is 16.2 Å². The number of nitrogens with zero attached hydrogens (tertiary/aromatic N) is 4. The van der Waals surface area contributed by atoms with Gasteiger partial charge >= 0.3 is 0 Å². The summed E-state index contributed by atoms with van der Waals surface area (Å²) in [5.74, 6) is 0.653. The summed E-state index contributed by atoms with van der Waals surface area (Å²) in [5.41, 5.74) is 3.75. The molecule has 23 heavy (non-hydrogen) atoms. The second-order valence-electron chi connectivity index (χ2n) is 5.21. The van der Waals surface area contributed by atoms with E-state index in [4.69, 9.17) is 16.6 Å². The fraction of sp³-hybridized carbons (Fsp3) is 0.118. The minimum Gasteiger partial charge on any atom is -0.277 e. The van der Waals surface area contributed by atoms with Gasteiger partial charge in [0.15, 0.2) is 10.8 Å². The smallest absolute Gasteiger partial charge is 0.195 e. The van der Waals surface area contributed by atoms with Gasteiger partial charge in [0.25, 0.3) is 0 Å². The van der Waals surface area contributed by atoms with E-state index in [9.17, 15) is 0 Å². The molecule has 0 amide bonds. The Labute approximate surface area is 142 Å². The van der Waals surface area contributed by atoms with E-state index < -0.39 is 0 Å². The lowest BCUT2D eigenvalue weighted by atomic mass is 10.1. The number of para-hydroxylation sites is 1. The Balaban J connectivity index is 1.69. The minimum atomic E-state index is 0.653. The van der Waals surface area contributed by atoms with Gasteiger partial charge in [0, 0.05) is 17.3 Å². The zero-order chi connectivity index (χ0) is 15.8. The molecule has 0 aliphatic rings. The molecule has 0 N–H and O–H groups in total. The first-order chi connectivity index (χ1) is 11.2. The molecule has 3 heterocycles. The molecule has 0 saturated heterocycles. The first-order valence-electron chi connectivity index (χ1n) is 7.20. The van der Waals surface area contributed by atoms with Crippen LogP contribution in [0.25, 0.3) is 16.6 Å². The number of aryl methyl sites for hydroxylation is 1. The normalized spacial score (nSPS) is 11.4. The molecular weight excluding hydrogens is 328 g/mol. The standard InChI is InChI=1S/C17H13ClN4S/c1-11-12-6-2-3-7-13(12)19-14(16(11)18)10-23-17-21-20-15-8-4-5-9-22(15)17/h2-9H,10H2,1H3. The first kappa shape index (κ1) is 14.5. The van der Waals surface area contributed by atoms with Gasteiger partial charge in [-0.05, 0) is 30.7 Å². The number of pyridine rings is 2. The predicted octanol–water partition coefficient (Wildman–Crippen LogP) is 4.53. The van der Waals surface area contributed by atoms with Crippen molar-refractivity contribution in [2.75, 3.05) is 0 Å². The molecule has 114 valence electrons. The molecule has 0 atom stereocenters. The van der Waals surface area contributed by atoms with E-state index >= 15 is 0 Å². The van der Waals surface area contributed by atoms with Gasteiger partial charge < -0.3 is 0 Å². The fourth-order valence-electron chi connectivity index (χ4n) is 2.56. The summed E-state index contributed by atoms with van der Waals surface area (Å²) in [7, 11) is 0. The lowest BCUT2D eigenvalue weighted by molar-refractivity contribution is 0.920. The van der Waals surface area contributed by atoms with Gasteiger partial charge in [-0.15, -0.1) is 10.2 Å². The highest BCUT2D eigenvalue weighted by Crippen LogP contribution is 2.30. The molecule has 0 radical (unpaired) electrons. The van der Waals surface area contributed by atoms with Crippen LogP contribution in [0.1, 0.15) is 11.3 Å².